The van der Waals surface area contributed by atoms with Gasteiger partial charge in [-0.25, -0.2) is 0 Å². The molecule has 1 saturated heterocycles. The molecule has 8 heteroatoms. The molecule has 1 heterocycles. The minimum Gasteiger partial charge on any atom is -0.406 e. The van der Waals surface area contributed by atoms with Gasteiger partial charge in [0.1, 0.15) is 5.75 Å². The van der Waals surface area contributed by atoms with Gasteiger partial charge in [0.2, 0.25) is 5.91 Å². The zero-order valence-corrected chi connectivity index (χ0v) is 13.6. The van der Waals surface area contributed by atoms with Gasteiger partial charge in [0.25, 0.3) is 0 Å². The van der Waals surface area contributed by atoms with E-state index in [9.17, 15) is 18.0 Å². The SMILES string of the molecule is CC(C)[C@H](N)C(=O)NC1CCN(c2cccc(OC(F)(F)F)c2)C1. The summed E-state index contributed by atoms with van der Waals surface area (Å²) in [6, 6.07) is 5.19. The van der Waals surface area contributed by atoms with E-state index in [0.717, 1.165) is 0 Å². The van der Waals surface area contributed by atoms with E-state index in [-0.39, 0.29) is 23.6 Å². The zero-order chi connectivity index (χ0) is 17.9. The number of alkyl halides is 3. The number of nitrogens with zero attached hydrogens (tertiary/aromatic N) is 1. The van der Waals surface area contributed by atoms with Crippen molar-refractivity contribution >= 4 is 11.6 Å². The summed E-state index contributed by atoms with van der Waals surface area (Å²) in [5, 5.41) is 2.90. The van der Waals surface area contributed by atoms with Gasteiger partial charge in [-0.3, -0.25) is 4.79 Å². The first-order valence-electron chi connectivity index (χ1n) is 7.82. The highest BCUT2D eigenvalue weighted by atomic mass is 19.4. The number of hydrogen-bond donors (Lipinski definition) is 2. The molecule has 1 unspecified atom stereocenters. The molecule has 3 N–H and O–H groups in total. The van der Waals surface area contributed by atoms with E-state index in [4.69, 9.17) is 5.73 Å². The van der Waals surface area contributed by atoms with Crippen LogP contribution < -0.4 is 20.7 Å². The molecule has 5 nitrogen and oxygen atoms in total. The molecule has 1 amide bonds. The summed E-state index contributed by atoms with van der Waals surface area (Å²) in [7, 11) is 0. The number of amides is 1. The third-order valence-electron chi connectivity index (χ3n) is 3.97. The molecule has 2 rings (SSSR count). The van der Waals surface area contributed by atoms with Crippen LogP contribution in [0.1, 0.15) is 20.3 Å². The Hall–Kier alpha value is -1.96. The van der Waals surface area contributed by atoms with Crippen LogP contribution in [0, 0.1) is 5.92 Å². The lowest BCUT2D eigenvalue weighted by atomic mass is 10.0. The summed E-state index contributed by atoms with van der Waals surface area (Å²) >= 11 is 0. The van der Waals surface area contributed by atoms with Crippen LogP contribution in [0.3, 0.4) is 0 Å². The third-order valence-corrected chi connectivity index (χ3v) is 3.97. The van der Waals surface area contributed by atoms with Crippen molar-refractivity contribution in [2.24, 2.45) is 11.7 Å². The first-order valence-corrected chi connectivity index (χ1v) is 7.82. The van der Waals surface area contributed by atoms with Gasteiger partial charge in [-0.1, -0.05) is 19.9 Å². The maximum Gasteiger partial charge on any atom is 0.573 e. The Labute approximate surface area is 138 Å². The number of ether oxygens (including phenoxy) is 1. The summed E-state index contributed by atoms with van der Waals surface area (Å²) in [4.78, 5) is 13.9. The molecule has 1 aromatic carbocycles. The van der Waals surface area contributed by atoms with Crippen molar-refractivity contribution < 1.29 is 22.7 Å². The van der Waals surface area contributed by atoms with Crippen molar-refractivity contribution in [2.45, 2.75) is 38.7 Å². The standard InChI is InChI=1S/C16H22F3N3O2/c1-10(2)14(20)15(23)21-11-6-7-22(9-11)12-4-3-5-13(8-12)24-16(17,18)19/h3-5,8,10-11,14H,6-7,9,20H2,1-2H3,(H,21,23)/t11?,14-/m0/s1. The summed E-state index contributed by atoms with van der Waals surface area (Å²) in [6.45, 7) is 4.90. The molecule has 2 atom stereocenters. The van der Waals surface area contributed by atoms with E-state index < -0.39 is 12.4 Å². The molecule has 134 valence electrons. The van der Waals surface area contributed by atoms with Crippen molar-refractivity contribution in [3.8, 4) is 5.75 Å². The summed E-state index contributed by atoms with van der Waals surface area (Å²) in [5.74, 6) is -0.418. The van der Waals surface area contributed by atoms with Crippen molar-refractivity contribution in [1.29, 1.82) is 0 Å². The average molecular weight is 345 g/mol. The number of anilines is 1. The van der Waals surface area contributed by atoms with Gasteiger partial charge in [0.05, 0.1) is 6.04 Å². The lowest BCUT2D eigenvalue weighted by Gasteiger charge is -2.21. The van der Waals surface area contributed by atoms with Crippen LogP contribution in [0.5, 0.6) is 5.75 Å². The van der Waals surface area contributed by atoms with Crippen molar-refractivity contribution in [2.75, 3.05) is 18.0 Å². The van der Waals surface area contributed by atoms with E-state index in [1.54, 1.807) is 6.07 Å². The third kappa shape index (κ3) is 5.02. The summed E-state index contributed by atoms with van der Waals surface area (Å²) in [6.07, 6.45) is -4.01. The maximum absolute atomic E-state index is 12.3. The van der Waals surface area contributed by atoms with Gasteiger partial charge >= 0.3 is 6.36 Å². The Bertz CT molecular complexity index is 578. The van der Waals surface area contributed by atoms with Crippen LogP contribution in [0.2, 0.25) is 0 Å². The van der Waals surface area contributed by atoms with E-state index in [0.29, 0.717) is 25.2 Å². The van der Waals surface area contributed by atoms with Gasteiger partial charge in [-0.2, -0.15) is 0 Å². The predicted octanol–water partition coefficient (Wildman–Crippen LogP) is 2.26. The first kappa shape index (κ1) is 18.4. The quantitative estimate of drug-likeness (QED) is 0.859. The smallest absolute Gasteiger partial charge is 0.406 e. The fourth-order valence-corrected chi connectivity index (χ4v) is 2.59. The number of nitrogens with one attached hydrogen (secondary N) is 1. The van der Waals surface area contributed by atoms with Crippen molar-refractivity contribution in [3.63, 3.8) is 0 Å². The van der Waals surface area contributed by atoms with Crippen LogP contribution >= 0.6 is 0 Å². The predicted molar refractivity (Wildman–Crippen MR) is 84.7 cm³/mol. The van der Waals surface area contributed by atoms with Gasteiger partial charge in [-0.15, -0.1) is 13.2 Å². The topological polar surface area (TPSA) is 67.6 Å². The lowest BCUT2D eigenvalue weighted by molar-refractivity contribution is -0.274. The van der Waals surface area contributed by atoms with Crippen LogP contribution in [0.15, 0.2) is 24.3 Å². The number of carbonyl (C=O) groups excluding carboxylic acids is 1. The summed E-state index contributed by atoms with van der Waals surface area (Å²) < 4.78 is 40.8. The molecule has 0 spiro atoms. The number of hydrogen-bond acceptors (Lipinski definition) is 4. The minimum atomic E-state index is -4.72. The number of rotatable bonds is 5. The Kier molecular flexibility index (Phi) is 5.58. The number of nitrogens with two attached hydrogens (primary N) is 1. The Morgan fingerprint density at radius 2 is 2.12 bits per heavy atom. The Morgan fingerprint density at radius 3 is 2.75 bits per heavy atom. The molecular weight excluding hydrogens is 323 g/mol. The first-order chi connectivity index (χ1) is 11.2. The second kappa shape index (κ2) is 7.29. The Balaban J connectivity index is 1.96. The molecule has 24 heavy (non-hydrogen) atoms. The second-order valence-electron chi connectivity index (χ2n) is 6.26. The molecule has 0 saturated carbocycles. The fraction of sp³-hybridized carbons (Fsp3) is 0.562. The summed E-state index contributed by atoms with van der Waals surface area (Å²) in [5.41, 5.74) is 6.44. The highest BCUT2D eigenvalue weighted by molar-refractivity contribution is 5.82. The highest BCUT2D eigenvalue weighted by Gasteiger charge is 2.32. The molecular formula is C16H22F3N3O2. The Morgan fingerprint density at radius 1 is 1.42 bits per heavy atom. The highest BCUT2D eigenvalue weighted by Crippen LogP contribution is 2.28. The maximum atomic E-state index is 12.3. The van der Waals surface area contributed by atoms with E-state index in [1.807, 2.05) is 18.7 Å². The average Bonchev–Trinajstić information content (AvgIpc) is 2.93. The molecule has 1 aliphatic heterocycles. The molecule has 1 aliphatic rings. The van der Waals surface area contributed by atoms with Gasteiger partial charge in [0, 0.05) is 30.9 Å². The normalized spacial score (nSPS) is 19.5. The molecule has 1 fully saturated rings. The molecule has 0 bridgehead atoms. The van der Waals surface area contributed by atoms with E-state index in [2.05, 4.69) is 10.1 Å². The van der Waals surface area contributed by atoms with Crippen LogP contribution in [0.25, 0.3) is 0 Å². The van der Waals surface area contributed by atoms with Gasteiger partial charge in [-0.05, 0) is 24.5 Å². The zero-order valence-electron chi connectivity index (χ0n) is 13.6. The van der Waals surface area contributed by atoms with Gasteiger partial charge < -0.3 is 20.7 Å². The van der Waals surface area contributed by atoms with Crippen LogP contribution in [-0.4, -0.2) is 37.4 Å². The number of benzene rings is 1. The monoisotopic (exact) mass is 345 g/mol. The largest absolute Gasteiger partial charge is 0.573 e. The van der Waals surface area contributed by atoms with Crippen molar-refractivity contribution in [3.05, 3.63) is 24.3 Å². The molecule has 1 aromatic rings. The van der Waals surface area contributed by atoms with Crippen LogP contribution in [-0.2, 0) is 4.79 Å². The van der Waals surface area contributed by atoms with Crippen LogP contribution in [0.4, 0.5) is 18.9 Å². The second-order valence-corrected chi connectivity index (χ2v) is 6.26. The number of carbonyl (C=O) groups is 1. The van der Waals surface area contributed by atoms with E-state index >= 15 is 0 Å². The molecule has 0 aromatic heterocycles. The van der Waals surface area contributed by atoms with E-state index in [1.165, 1.54) is 18.2 Å². The fourth-order valence-electron chi connectivity index (χ4n) is 2.59. The molecule has 0 aliphatic carbocycles. The minimum absolute atomic E-state index is 0.0405. The lowest BCUT2D eigenvalue weighted by Crippen LogP contribution is -2.48. The molecule has 0 radical (unpaired) electrons. The number of halogens is 3. The van der Waals surface area contributed by atoms with Crippen molar-refractivity contribution in [1.82, 2.24) is 5.32 Å². The van der Waals surface area contributed by atoms with Gasteiger partial charge in [0.15, 0.2) is 0 Å².